The van der Waals surface area contributed by atoms with E-state index in [0.29, 0.717) is 35.5 Å². The third-order valence-corrected chi connectivity index (χ3v) is 4.11. The normalized spacial score (nSPS) is 13.8. The molecule has 1 aliphatic rings. The highest BCUT2D eigenvalue weighted by Crippen LogP contribution is 2.21. The topological polar surface area (TPSA) is 55.2 Å². The van der Waals surface area contributed by atoms with Crippen LogP contribution >= 0.6 is 0 Å². The lowest BCUT2D eigenvalue weighted by Gasteiger charge is -2.29. The molecule has 4 rings (SSSR count). The highest BCUT2D eigenvalue weighted by molar-refractivity contribution is 6.05. The summed E-state index contributed by atoms with van der Waals surface area (Å²) in [7, 11) is 0. The molecular formula is C18H15N3O2. The molecule has 0 fully saturated rings. The van der Waals surface area contributed by atoms with E-state index >= 15 is 0 Å². The lowest BCUT2D eigenvalue weighted by atomic mass is 10.2. The van der Waals surface area contributed by atoms with Crippen LogP contribution in [0.15, 0.2) is 59.4 Å². The molecule has 2 aromatic carbocycles. The van der Waals surface area contributed by atoms with Crippen molar-refractivity contribution in [1.82, 2.24) is 9.55 Å². The number of rotatable bonds is 1. The number of anilines is 1. The zero-order valence-corrected chi connectivity index (χ0v) is 12.5. The van der Waals surface area contributed by atoms with Gasteiger partial charge in [0, 0.05) is 18.7 Å². The summed E-state index contributed by atoms with van der Waals surface area (Å²) in [5, 5.41) is 0.588. The maximum Gasteiger partial charge on any atom is 0.262 e. The minimum Gasteiger partial charge on any atom is -0.278 e. The predicted octanol–water partition coefficient (Wildman–Crippen LogP) is 2.45. The van der Waals surface area contributed by atoms with Gasteiger partial charge in [-0.3, -0.25) is 19.1 Å². The van der Waals surface area contributed by atoms with Gasteiger partial charge in [-0.25, -0.2) is 4.98 Å². The van der Waals surface area contributed by atoms with E-state index in [1.807, 2.05) is 30.3 Å². The Hall–Kier alpha value is -2.95. The Balaban J connectivity index is 1.88. The first-order valence-electron chi connectivity index (χ1n) is 7.62. The van der Waals surface area contributed by atoms with E-state index in [9.17, 15) is 9.59 Å². The molecular weight excluding hydrogens is 290 g/mol. The molecule has 5 nitrogen and oxygen atoms in total. The third-order valence-electron chi connectivity index (χ3n) is 4.11. The van der Waals surface area contributed by atoms with E-state index in [1.165, 1.54) is 0 Å². The Morgan fingerprint density at radius 1 is 0.957 bits per heavy atom. The Kier molecular flexibility index (Phi) is 3.19. The van der Waals surface area contributed by atoms with E-state index in [-0.39, 0.29) is 11.5 Å². The summed E-state index contributed by atoms with van der Waals surface area (Å²) in [5.74, 6) is 0.315. The van der Waals surface area contributed by atoms with Crippen molar-refractivity contribution in [1.29, 1.82) is 0 Å². The first kappa shape index (κ1) is 13.7. The lowest BCUT2D eigenvalue weighted by molar-refractivity contribution is 0.0980. The maximum atomic E-state index is 12.8. The third kappa shape index (κ3) is 2.21. The molecule has 0 saturated carbocycles. The van der Waals surface area contributed by atoms with Crippen LogP contribution in [0.1, 0.15) is 16.8 Å². The Bertz CT molecular complexity index is 947. The second kappa shape index (κ2) is 5.35. The first-order valence-corrected chi connectivity index (χ1v) is 7.62. The molecule has 0 aliphatic carbocycles. The quantitative estimate of drug-likeness (QED) is 0.694. The van der Waals surface area contributed by atoms with Gasteiger partial charge in [0.2, 0.25) is 5.95 Å². The fraction of sp³-hybridized carbons (Fsp3) is 0.167. The zero-order valence-electron chi connectivity index (χ0n) is 12.5. The summed E-state index contributed by atoms with van der Waals surface area (Å²) in [6.07, 6.45) is 0.742. The van der Waals surface area contributed by atoms with Gasteiger partial charge in [-0.1, -0.05) is 30.3 Å². The number of aromatic nitrogens is 2. The minimum atomic E-state index is -0.124. The number of amides is 1. The molecule has 0 atom stereocenters. The Morgan fingerprint density at radius 3 is 2.52 bits per heavy atom. The number of benzene rings is 2. The highest BCUT2D eigenvalue weighted by Gasteiger charge is 2.26. The van der Waals surface area contributed by atoms with Crippen molar-refractivity contribution in [2.24, 2.45) is 0 Å². The van der Waals surface area contributed by atoms with Gasteiger partial charge in [0.05, 0.1) is 10.9 Å². The molecule has 2 heterocycles. The molecule has 0 N–H and O–H groups in total. The SMILES string of the molecule is O=C(c1ccccc1)N1CCCn2c1nc1ccccc1c2=O. The summed E-state index contributed by atoms with van der Waals surface area (Å²) >= 11 is 0. The molecule has 1 aromatic heterocycles. The molecule has 0 radical (unpaired) electrons. The largest absolute Gasteiger partial charge is 0.278 e. The Labute approximate surface area is 132 Å². The Morgan fingerprint density at radius 2 is 1.70 bits per heavy atom. The van der Waals surface area contributed by atoms with Gasteiger partial charge in [0.25, 0.3) is 11.5 Å². The molecule has 1 amide bonds. The minimum absolute atomic E-state index is 0.0869. The van der Waals surface area contributed by atoms with Crippen LogP contribution in [-0.4, -0.2) is 22.0 Å². The summed E-state index contributed by atoms with van der Waals surface area (Å²) in [4.78, 5) is 31.6. The van der Waals surface area contributed by atoms with Gasteiger partial charge in [0.1, 0.15) is 0 Å². The molecule has 0 spiro atoms. The second-order valence-corrected chi connectivity index (χ2v) is 5.56. The fourth-order valence-corrected chi connectivity index (χ4v) is 2.98. The average molecular weight is 305 g/mol. The summed E-state index contributed by atoms with van der Waals surface area (Å²) in [6, 6.07) is 16.3. The molecule has 5 heteroatoms. The molecule has 114 valence electrons. The van der Waals surface area contributed by atoms with E-state index in [2.05, 4.69) is 4.98 Å². The van der Waals surface area contributed by atoms with E-state index < -0.39 is 0 Å². The summed E-state index contributed by atoms with van der Waals surface area (Å²) < 4.78 is 1.60. The van der Waals surface area contributed by atoms with Gasteiger partial charge < -0.3 is 0 Å². The standard InChI is InChI=1S/C18H15N3O2/c22-16(13-7-2-1-3-8-13)20-11-6-12-21-17(23)14-9-4-5-10-15(14)19-18(20)21/h1-5,7-10H,6,11-12H2. The monoisotopic (exact) mass is 305 g/mol. The van der Waals surface area contributed by atoms with Gasteiger partial charge in [-0.15, -0.1) is 0 Å². The summed E-state index contributed by atoms with van der Waals surface area (Å²) in [5.41, 5.74) is 1.14. The maximum absolute atomic E-state index is 12.8. The molecule has 3 aromatic rings. The fourth-order valence-electron chi connectivity index (χ4n) is 2.98. The number of fused-ring (bicyclic) bond motifs is 2. The van der Waals surface area contributed by atoms with Gasteiger partial charge in [0.15, 0.2) is 0 Å². The van der Waals surface area contributed by atoms with Gasteiger partial charge >= 0.3 is 0 Å². The van der Waals surface area contributed by atoms with Crippen LogP contribution in [0.5, 0.6) is 0 Å². The van der Waals surface area contributed by atoms with Crippen molar-refractivity contribution in [3.63, 3.8) is 0 Å². The van der Waals surface area contributed by atoms with Crippen LogP contribution in [0.2, 0.25) is 0 Å². The van der Waals surface area contributed by atoms with E-state index in [0.717, 1.165) is 6.42 Å². The number of para-hydroxylation sites is 1. The number of carbonyl (C=O) groups excluding carboxylic acids is 1. The predicted molar refractivity (Wildman–Crippen MR) is 88.7 cm³/mol. The average Bonchev–Trinajstić information content (AvgIpc) is 2.62. The molecule has 23 heavy (non-hydrogen) atoms. The van der Waals surface area contributed by atoms with E-state index in [1.54, 1.807) is 33.7 Å². The summed E-state index contributed by atoms with van der Waals surface area (Å²) in [6.45, 7) is 1.16. The van der Waals surface area contributed by atoms with Crippen molar-refractivity contribution in [2.75, 3.05) is 11.4 Å². The number of hydrogen-bond donors (Lipinski definition) is 0. The molecule has 0 bridgehead atoms. The highest BCUT2D eigenvalue weighted by atomic mass is 16.2. The molecule has 0 unspecified atom stereocenters. The van der Waals surface area contributed by atoms with Crippen LogP contribution in [0.25, 0.3) is 10.9 Å². The molecule has 0 saturated heterocycles. The smallest absolute Gasteiger partial charge is 0.262 e. The van der Waals surface area contributed by atoms with Crippen LogP contribution in [0, 0.1) is 0 Å². The van der Waals surface area contributed by atoms with Gasteiger partial charge in [-0.05, 0) is 30.7 Å². The van der Waals surface area contributed by atoms with Crippen molar-refractivity contribution < 1.29 is 4.79 Å². The molecule has 1 aliphatic heterocycles. The van der Waals surface area contributed by atoms with Crippen molar-refractivity contribution >= 4 is 22.8 Å². The van der Waals surface area contributed by atoms with Crippen molar-refractivity contribution in [3.8, 4) is 0 Å². The number of nitrogens with zero attached hydrogens (tertiary/aromatic N) is 3. The second-order valence-electron chi connectivity index (χ2n) is 5.56. The number of carbonyl (C=O) groups is 1. The van der Waals surface area contributed by atoms with Crippen molar-refractivity contribution in [3.05, 3.63) is 70.5 Å². The van der Waals surface area contributed by atoms with Crippen LogP contribution < -0.4 is 10.5 Å². The van der Waals surface area contributed by atoms with E-state index in [4.69, 9.17) is 0 Å². The van der Waals surface area contributed by atoms with Crippen LogP contribution in [0.3, 0.4) is 0 Å². The van der Waals surface area contributed by atoms with Crippen LogP contribution in [0.4, 0.5) is 5.95 Å². The van der Waals surface area contributed by atoms with Crippen LogP contribution in [-0.2, 0) is 6.54 Å². The van der Waals surface area contributed by atoms with Gasteiger partial charge in [-0.2, -0.15) is 0 Å². The lowest BCUT2D eigenvalue weighted by Crippen LogP contribution is -2.42. The first-order chi connectivity index (χ1) is 11.3. The zero-order chi connectivity index (χ0) is 15.8. The van der Waals surface area contributed by atoms with Crippen molar-refractivity contribution in [2.45, 2.75) is 13.0 Å². The number of hydrogen-bond acceptors (Lipinski definition) is 3.